The number of carbonyl (C=O) groups is 1. The first kappa shape index (κ1) is 14.4. The van der Waals surface area contributed by atoms with Gasteiger partial charge in [0.05, 0.1) is 17.2 Å². The third-order valence-electron chi connectivity index (χ3n) is 3.01. The molecular formula is C11H17N3O3S2. The van der Waals surface area contributed by atoms with Crippen LogP contribution in [0, 0.1) is 13.8 Å². The highest BCUT2D eigenvalue weighted by molar-refractivity contribution is 7.91. The van der Waals surface area contributed by atoms with Crippen molar-refractivity contribution in [2.24, 2.45) is 0 Å². The Kier molecular flexibility index (Phi) is 4.22. The van der Waals surface area contributed by atoms with E-state index in [1.54, 1.807) is 0 Å². The summed E-state index contributed by atoms with van der Waals surface area (Å²) in [6, 6.07) is -0.305. The summed E-state index contributed by atoms with van der Waals surface area (Å²) < 4.78 is 22.9. The molecule has 2 heterocycles. The fraction of sp³-hybridized carbons (Fsp3) is 0.636. The number of rotatable bonds is 3. The maximum atomic E-state index is 11.8. The molecule has 106 valence electrons. The number of hydrogen-bond donors (Lipinski definition) is 2. The number of carbonyl (C=O) groups excluding carboxylic acids is 1. The summed E-state index contributed by atoms with van der Waals surface area (Å²) in [4.78, 5) is 17.1. The number of hydrogen-bond acceptors (Lipinski definition) is 6. The molecule has 1 fully saturated rings. The second kappa shape index (κ2) is 5.56. The van der Waals surface area contributed by atoms with Crippen LogP contribution in [0.4, 0.5) is 5.13 Å². The molecule has 1 aliphatic heterocycles. The van der Waals surface area contributed by atoms with Crippen LogP contribution in [0.3, 0.4) is 0 Å². The Morgan fingerprint density at radius 2 is 2.26 bits per heavy atom. The molecule has 1 amide bonds. The predicted molar refractivity (Wildman–Crippen MR) is 75.3 cm³/mol. The number of thiazole rings is 1. The van der Waals surface area contributed by atoms with Gasteiger partial charge < -0.3 is 10.6 Å². The van der Waals surface area contributed by atoms with Crippen LogP contribution < -0.4 is 10.6 Å². The first-order chi connectivity index (χ1) is 8.85. The van der Waals surface area contributed by atoms with Crippen LogP contribution in [0.2, 0.25) is 0 Å². The average molecular weight is 303 g/mol. The van der Waals surface area contributed by atoms with Crippen LogP contribution in [-0.4, -0.2) is 43.4 Å². The van der Waals surface area contributed by atoms with Gasteiger partial charge in [-0.05, 0) is 13.8 Å². The second-order valence-electron chi connectivity index (χ2n) is 4.68. The minimum Gasteiger partial charge on any atom is -0.311 e. The lowest BCUT2D eigenvalue weighted by molar-refractivity contribution is -0.116. The highest BCUT2D eigenvalue weighted by Crippen LogP contribution is 2.21. The highest BCUT2D eigenvalue weighted by Gasteiger charge is 2.26. The molecule has 0 aromatic carbocycles. The lowest BCUT2D eigenvalue weighted by atomic mass is 10.2. The Morgan fingerprint density at radius 1 is 1.53 bits per heavy atom. The molecule has 0 spiro atoms. The number of amides is 1. The molecule has 8 heteroatoms. The number of anilines is 1. The Bertz CT molecular complexity index is 561. The third kappa shape index (κ3) is 3.99. The summed E-state index contributed by atoms with van der Waals surface area (Å²) >= 11 is 1.42. The van der Waals surface area contributed by atoms with Crippen molar-refractivity contribution in [3.8, 4) is 0 Å². The topological polar surface area (TPSA) is 88.2 Å². The largest absolute Gasteiger partial charge is 0.311 e. The normalized spacial score (nSPS) is 22.1. The van der Waals surface area contributed by atoms with E-state index in [1.807, 2.05) is 13.8 Å². The Labute approximate surface area is 116 Å². The van der Waals surface area contributed by atoms with Gasteiger partial charge >= 0.3 is 0 Å². The molecule has 0 bridgehead atoms. The maximum absolute atomic E-state index is 11.8. The van der Waals surface area contributed by atoms with Crippen LogP contribution in [0.5, 0.6) is 0 Å². The highest BCUT2D eigenvalue weighted by atomic mass is 32.2. The molecule has 1 saturated heterocycles. The van der Waals surface area contributed by atoms with Gasteiger partial charge in [-0.15, -0.1) is 11.3 Å². The summed E-state index contributed by atoms with van der Waals surface area (Å²) in [6.45, 7) is 4.24. The summed E-state index contributed by atoms with van der Waals surface area (Å²) in [5, 5.41) is 6.33. The van der Waals surface area contributed by atoms with Gasteiger partial charge in [-0.3, -0.25) is 4.79 Å². The molecule has 0 aliphatic carbocycles. The van der Waals surface area contributed by atoms with E-state index in [2.05, 4.69) is 15.6 Å². The predicted octanol–water partition coefficient (Wildman–Crippen LogP) is 0.475. The van der Waals surface area contributed by atoms with Crippen molar-refractivity contribution in [3.05, 3.63) is 10.6 Å². The number of nitrogens with zero attached hydrogens (tertiary/aromatic N) is 1. The van der Waals surface area contributed by atoms with E-state index in [9.17, 15) is 13.2 Å². The quantitative estimate of drug-likeness (QED) is 0.848. The number of aromatic nitrogens is 1. The fourth-order valence-corrected chi connectivity index (χ4v) is 4.19. The molecule has 2 rings (SSSR count). The molecule has 1 aliphatic rings. The van der Waals surface area contributed by atoms with Crippen LogP contribution in [-0.2, 0) is 14.6 Å². The van der Waals surface area contributed by atoms with Gasteiger partial charge in [-0.1, -0.05) is 0 Å². The van der Waals surface area contributed by atoms with E-state index in [0.717, 1.165) is 10.6 Å². The van der Waals surface area contributed by atoms with Crippen molar-refractivity contribution in [1.29, 1.82) is 0 Å². The van der Waals surface area contributed by atoms with Gasteiger partial charge in [-0.2, -0.15) is 0 Å². The van der Waals surface area contributed by atoms with Crippen molar-refractivity contribution >= 4 is 32.2 Å². The van der Waals surface area contributed by atoms with Crippen molar-refractivity contribution in [1.82, 2.24) is 10.3 Å². The first-order valence-electron chi connectivity index (χ1n) is 6.03. The number of nitrogens with one attached hydrogen (secondary N) is 2. The molecular weight excluding hydrogens is 286 g/mol. The van der Waals surface area contributed by atoms with Crippen molar-refractivity contribution in [3.63, 3.8) is 0 Å². The smallest absolute Gasteiger partial charge is 0.227 e. The molecule has 1 atom stereocenters. The van der Waals surface area contributed by atoms with Crippen LogP contribution in [0.15, 0.2) is 0 Å². The molecule has 0 radical (unpaired) electrons. The van der Waals surface area contributed by atoms with E-state index in [0.29, 0.717) is 11.7 Å². The first-order valence-corrected chi connectivity index (χ1v) is 8.67. The standard InChI is InChI=1S/C11H17N3O3S2/c1-7-8(2)18-11(13-7)14-10(15)5-9-6-19(16,17)4-3-12-9/h9,12H,3-6H2,1-2H3,(H,13,14,15). The van der Waals surface area contributed by atoms with E-state index in [1.165, 1.54) is 11.3 Å². The minimum absolute atomic E-state index is 0.0242. The summed E-state index contributed by atoms with van der Waals surface area (Å²) in [5.41, 5.74) is 0.902. The molecule has 19 heavy (non-hydrogen) atoms. The van der Waals surface area contributed by atoms with Gasteiger partial charge in [0.2, 0.25) is 5.91 Å². The van der Waals surface area contributed by atoms with E-state index < -0.39 is 9.84 Å². The summed E-state index contributed by atoms with van der Waals surface area (Å²) in [5.74, 6) is -0.0323. The number of aryl methyl sites for hydroxylation is 2. The van der Waals surface area contributed by atoms with Crippen LogP contribution in [0.25, 0.3) is 0 Å². The van der Waals surface area contributed by atoms with Crippen molar-refractivity contribution in [2.75, 3.05) is 23.4 Å². The SMILES string of the molecule is Cc1nc(NC(=O)CC2CS(=O)(=O)CCN2)sc1C. The third-order valence-corrected chi connectivity index (χ3v) is 5.73. The van der Waals surface area contributed by atoms with Gasteiger partial charge in [-0.25, -0.2) is 13.4 Å². The second-order valence-corrected chi connectivity index (χ2v) is 8.11. The number of sulfone groups is 1. The summed E-state index contributed by atoms with van der Waals surface area (Å²) in [6.07, 6.45) is 0.150. The van der Waals surface area contributed by atoms with Crippen LogP contribution >= 0.6 is 11.3 Å². The lowest BCUT2D eigenvalue weighted by Crippen LogP contribution is -2.46. The zero-order valence-electron chi connectivity index (χ0n) is 10.9. The monoisotopic (exact) mass is 303 g/mol. The van der Waals surface area contributed by atoms with Crippen LogP contribution in [0.1, 0.15) is 17.0 Å². The zero-order valence-corrected chi connectivity index (χ0v) is 12.5. The Hall–Kier alpha value is -0.990. The molecule has 1 unspecified atom stereocenters. The zero-order chi connectivity index (χ0) is 14.0. The Balaban J connectivity index is 1.91. The molecule has 1 aromatic heterocycles. The Morgan fingerprint density at radius 3 is 2.84 bits per heavy atom. The lowest BCUT2D eigenvalue weighted by Gasteiger charge is -2.22. The van der Waals surface area contributed by atoms with E-state index >= 15 is 0 Å². The van der Waals surface area contributed by atoms with Crippen molar-refractivity contribution in [2.45, 2.75) is 26.3 Å². The summed E-state index contributed by atoms with van der Waals surface area (Å²) in [7, 11) is -3.01. The van der Waals surface area contributed by atoms with Gasteiger partial charge in [0.1, 0.15) is 0 Å². The molecule has 1 aromatic rings. The maximum Gasteiger partial charge on any atom is 0.227 e. The minimum atomic E-state index is -3.01. The molecule has 6 nitrogen and oxygen atoms in total. The molecule has 2 N–H and O–H groups in total. The van der Waals surface area contributed by atoms with Gasteiger partial charge in [0.15, 0.2) is 15.0 Å². The average Bonchev–Trinajstić information content (AvgIpc) is 2.55. The van der Waals surface area contributed by atoms with Gasteiger partial charge in [0.25, 0.3) is 0 Å². The fourth-order valence-electron chi connectivity index (χ4n) is 1.92. The van der Waals surface area contributed by atoms with Gasteiger partial charge in [0, 0.05) is 23.9 Å². The molecule has 0 saturated carbocycles. The van der Waals surface area contributed by atoms with E-state index in [4.69, 9.17) is 0 Å². The van der Waals surface area contributed by atoms with Crippen molar-refractivity contribution < 1.29 is 13.2 Å². The van der Waals surface area contributed by atoms with E-state index in [-0.39, 0.29) is 29.9 Å².